The van der Waals surface area contributed by atoms with Crippen LogP contribution in [-0.2, 0) is 6.42 Å². The van der Waals surface area contributed by atoms with E-state index in [1.54, 1.807) is 0 Å². The predicted molar refractivity (Wildman–Crippen MR) is 84.9 cm³/mol. The molecule has 0 unspecified atom stereocenters. The number of aromatic carboxylic acids is 1. The molecule has 0 aliphatic rings. The third-order valence-electron chi connectivity index (χ3n) is 3.71. The summed E-state index contributed by atoms with van der Waals surface area (Å²) in [4.78, 5) is 11.7. The average Bonchev–Trinajstić information content (AvgIpc) is 2.46. The molecule has 0 atom stereocenters. The number of hydrogen-bond donors (Lipinski definition) is 1. The normalized spacial score (nSPS) is 10.7. The molecule has 0 bridgehead atoms. The van der Waals surface area contributed by atoms with E-state index in [2.05, 4.69) is 6.07 Å². The second-order valence-electron chi connectivity index (χ2n) is 5.29. The van der Waals surface area contributed by atoms with Gasteiger partial charge in [0, 0.05) is 0 Å². The van der Waals surface area contributed by atoms with Crippen molar-refractivity contribution in [3.63, 3.8) is 0 Å². The van der Waals surface area contributed by atoms with Gasteiger partial charge < -0.3 is 5.11 Å². The van der Waals surface area contributed by atoms with Crippen molar-refractivity contribution in [2.24, 2.45) is 0 Å². The number of carboxylic acids is 1. The van der Waals surface area contributed by atoms with Crippen molar-refractivity contribution in [2.75, 3.05) is 0 Å². The molecular weight excluding hydrogens is 260 g/mol. The SMILES string of the molecule is Cc1cccc(Cc2ccc3ccccc3c2C(=O)O)c1. The smallest absolute Gasteiger partial charge is 0.336 e. The summed E-state index contributed by atoms with van der Waals surface area (Å²) in [6.45, 7) is 2.04. The van der Waals surface area contributed by atoms with Gasteiger partial charge in [-0.15, -0.1) is 0 Å². The Hall–Kier alpha value is -2.61. The van der Waals surface area contributed by atoms with Gasteiger partial charge in [-0.2, -0.15) is 0 Å². The van der Waals surface area contributed by atoms with E-state index in [9.17, 15) is 9.90 Å². The van der Waals surface area contributed by atoms with Crippen LogP contribution in [0.3, 0.4) is 0 Å². The van der Waals surface area contributed by atoms with Crippen LogP contribution in [0, 0.1) is 6.92 Å². The maximum Gasteiger partial charge on any atom is 0.336 e. The molecule has 0 radical (unpaired) electrons. The lowest BCUT2D eigenvalue weighted by Gasteiger charge is -2.10. The van der Waals surface area contributed by atoms with Gasteiger partial charge in [0.05, 0.1) is 5.56 Å². The zero-order chi connectivity index (χ0) is 14.8. The van der Waals surface area contributed by atoms with Crippen molar-refractivity contribution in [3.05, 3.63) is 82.9 Å². The molecule has 3 aromatic rings. The Kier molecular flexibility index (Phi) is 3.44. The first-order valence-electron chi connectivity index (χ1n) is 6.94. The number of carboxylic acid groups (broad SMARTS) is 1. The van der Waals surface area contributed by atoms with Gasteiger partial charge in [0.2, 0.25) is 0 Å². The maximum absolute atomic E-state index is 11.7. The van der Waals surface area contributed by atoms with E-state index in [1.807, 2.05) is 61.5 Å². The Morgan fingerprint density at radius 2 is 1.81 bits per heavy atom. The quantitative estimate of drug-likeness (QED) is 0.768. The molecule has 0 fully saturated rings. The second-order valence-corrected chi connectivity index (χ2v) is 5.29. The minimum atomic E-state index is -0.866. The Labute approximate surface area is 123 Å². The highest BCUT2D eigenvalue weighted by Crippen LogP contribution is 2.25. The molecule has 1 N–H and O–H groups in total. The molecular formula is C19H16O2. The summed E-state index contributed by atoms with van der Waals surface area (Å²) in [5.74, 6) is -0.866. The minimum absolute atomic E-state index is 0.412. The molecule has 3 aromatic carbocycles. The number of carbonyl (C=O) groups is 1. The molecule has 0 aliphatic heterocycles. The first-order chi connectivity index (χ1) is 10.1. The molecule has 2 heteroatoms. The molecule has 21 heavy (non-hydrogen) atoms. The lowest BCUT2D eigenvalue weighted by atomic mass is 9.94. The highest BCUT2D eigenvalue weighted by atomic mass is 16.4. The topological polar surface area (TPSA) is 37.3 Å². The van der Waals surface area contributed by atoms with E-state index < -0.39 is 5.97 Å². The summed E-state index contributed by atoms with van der Waals surface area (Å²) in [6.07, 6.45) is 0.633. The first-order valence-corrected chi connectivity index (χ1v) is 6.94. The van der Waals surface area contributed by atoms with Gasteiger partial charge in [-0.25, -0.2) is 4.79 Å². The fraction of sp³-hybridized carbons (Fsp3) is 0.105. The van der Waals surface area contributed by atoms with Gasteiger partial charge in [-0.1, -0.05) is 66.2 Å². The van der Waals surface area contributed by atoms with Crippen LogP contribution < -0.4 is 0 Å². The predicted octanol–water partition coefficient (Wildman–Crippen LogP) is 4.44. The molecule has 0 aromatic heterocycles. The fourth-order valence-corrected chi connectivity index (χ4v) is 2.76. The number of hydrogen-bond acceptors (Lipinski definition) is 1. The number of benzene rings is 3. The van der Waals surface area contributed by atoms with Crippen molar-refractivity contribution in [3.8, 4) is 0 Å². The van der Waals surface area contributed by atoms with E-state index in [-0.39, 0.29) is 0 Å². The van der Waals surface area contributed by atoms with Crippen LogP contribution in [0.5, 0.6) is 0 Å². The van der Waals surface area contributed by atoms with E-state index in [4.69, 9.17) is 0 Å². The molecule has 104 valence electrons. The Balaban J connectivity index is 2.14. The van der Waals surface area contributed by atoms with Crippen molar-refractivity contribution in [1.82, 2.24) is 0 Å². The lowest BCUT2D eigenvalue weighted by Crippen LogP contribution is -2.04. The molecule has 0 saturated heterocycles. The summed E-state index contributed by atoms with van der Waals surface area (Å²) < 4.78 is 0. The zero-order valence-electron chi connectivity index (χ0n) is 11.8. The van der Waals surface area contributed by atoms with Gasteiger partial charge in [-0.05, 0) is 35.2 Å². The third kappa shape index (κ3) is 2.65. The van der Waals surface area contributed by atoms with Gasteiger partial charge in [0.25, 0.3) is 0 Å². The third-order valence-corrected chi connectivity index (χ3v) is 3.71. The summed E-state index contributed by atoms with van der Waals surface area (Å²) in [5.41, 5.74) is 3.58. The van der Waals surface area contributed by atoms with Crippen molar-refractivity contribution >= 4 is 16.7 Å². The van der Waals surface area contributed by atoms with E-state index in [0.29, 0.717) is 12.0 Å². The highest BCUT2D eigenvalue weighted by molar-refractivity contribution is 6.05. The summed E-state index contributed by atoms with van der Waals surface area (Å²) in [6, 6.07) is 19.7. The van der Waals surface area contributed by atoms with Crippen LogP contribution in [0.25, 0.3) is 10.8 Å². The highest BCUT2D eigenvalue weighted by Gasteiger charge is 2.14. The average molecular weight is 276 g/mol. The van der Waals surface area contributed by atoms with Crippen LogP contribution in [0.15, 0.2) is 60.7 Å². The summed E-state index contributed by atoms with van der Waals surface area (Å²) in [7, 11) is 0. The Bertz CT molecular complexity index is 819. The van der Waals surface area contributed by atoms with Crippen LogP contribution in [0.1, 0.15) is 27.0 Å². The van der Waals surface area contributed by atoms with Crippen molar-refractivity contribution in [1.29, 1.82) is 0 Å². The van der Waals surface area contributed by atoms with Crippen molar-refractivity contribution in [2.45, 2.75) is 13.3 Å². The summed E-state index contributed by atoms with van der Waals surface area (Å²) in [5, 5.41) is 11.4. The molecule has 2 nitrogen and oxygen atoms in total. The molecule has 0 heterocycles. The monoisotopic (exact) mass is 276 g/mol. The lowest BCUT2D eigenvalue weighted by molar-refractivity contribution is 0.0698. The van der Waals surface area contributed by atoms with Gasteiger partial charge >= 0.3 is 5.97 Å². The van der Waals surface area contributed by atoms with Crippen LogP contribution in [0.4, 0.5) is 0 Å². The number of fused-ring (bicyclic) bond motifs is 1. The molecule has 3 rings (SSSR count). The molecule has 0 spiro atoms. The van der Waals surface area contributed by atoms with Gasteiger partial charge in [0.15, 0.2) is 0 Å². The zero-order valence-corrected chi connectivity index (χ0v) is 11.8. The Morgan fingerprint density at radius 1 is 1.00 bits per heavy atom. The van der Waals surface area contributed by atoms with Crippen LogP contribution >= 0.6 is 0 Å². The number of aryl methyl sites for hydroxylation is 1. The largest absolute Gasteiger partial charge is 0.478 e. The van der Waals surface area contributed by atoms with E-state index in [1.165, 1.54) is 5.56 Å². The number of rotatable bonds is 3. The fourth-order valence-electron chi connectivity index (χ4n) is 2.76. The second kappa shape index (κ2) is 5.41. The van der Waals surface area contributed by atoms with Crippen LogP contribution in [0.2, 0.25) is 0 Å². The standard InChI is InChI=1S/C19H16O2/c1-13-5-4-6-14(11-13)12-16-10-9-15-7-2-3-8-17(15)18(16)19(20)21/h2-11H,12H2,1H3,(H,20,21). The summed E-state index contributed by atoms with van der Waals surface area (Å²) >= 11 is 0. The maximum atomic E-state index is 11.7. The minimum Gasteiger partial charge on any atom is -0.478 e. The van der Waals surface area contributed by atoms with Gasteiger partial charge in [-0.3, -0.25) is 0 Å². The van der Waals surface area contributed by atoms with E-state index in [0.717, 1.165) is 21.9 Å². The molecule has 0 saturated carbocycles. The van der Waals surface area contributed by atoms with Gasteiger partial charge in [0.1, 0.15) is 0 Å². The van der Waals surface area contributed by atoms with E-state index >= 15 is 0 Å². The first kappa shape index (κ1) is 13.4. The Morgan fingerprint density at radius 3 is 2.57 bits per heavy atom. The van der Waals surface area contributed by atoms with Crippen LogP contribution in [-0.4, -0.2) is 11.1 Å². The molecule has 0 aliphatic carbocycles. The molecule has 0 amide bonds. The van der Waals surface area contributed by atoms with Crippen molar-refractivity contribution < 1.29 is 9.90 Å².